The van der Waals surface area contributed by atoms with Crippen LogP contribution in [0, 0.1) is 0 Å². The van der Waals surface area contributed by atoms with Crippen molar-refractivity contribution in [2.75, 3.05) is 11.9 Å². The minimum absolute atomic E-state index is 0.0982. The molecule has 0 radical (unpaired) electrons. The molecule has 0 bridgehead atoms. The first kappa shape index (κ1) is 20.9. The van der Waals surface area contributed by atoms with Gasteiger partial charge in [0.15, 0.2) is 0 Å². The molecule has 1 aromatic carbocycles. The van der Waals surface area contributed by atoms with Crippen molar-refractivity contribution in [1.82, 2.24) is 14.9 Å². The van der Waals surface area contributed by atoms with Crippen molar-refractivity contribution in [2.24, 2.45) is 0 Å². The lowest BCUT2D eigenvalue weighted by atomic mass is 10.1. The Kier molecular flexibility index (Phi) is 6.29. The minimum atomic E-state index is -3.63. The molecule has 3 rings (SSSR count). The number of nitrogens with zero attached hydrogens (tertiary/aromatic N) is 2. The normalized spacial score (nSPS) is 11.9. The van der Waals surface area contributed by atoms with Gasteiger partial charge in [0.05, 0.1) is 21.5 Å². The average molecular weight is 417 g/mol. The number of carbonyl (C=O) groups is 1. The zero-order valence-electron chi connectivity index (χ0n) is 16.6. The number of benzene rings is 1. The molecule has 0 saturated heterocycles. The van der Waals surface area contributed by atoms with Crippen LogP contribution in [0.4, 0.5) is 5.69 Å². The zero-order chi connectivity index (χ0) is 21.0. The summed E-state index contributed by atoms with van der Waals surface area (Å²) in [5.74, 6) is -0.276. The van der Waals surface area contributed by atoms with Gasteiger partial charge in [-0.05, 0) is 36.6 Å². The highest BCUT2D eigenvalue weighted by Crippen LogP contribution is 2.24. The van der Waals surface area contributed by atoms with Gasteiger partial charge >= 0.3 is 0 Å². The second-order valence-electron chi connectivity index (χ2n) is 7.03. The maximum absolute atomic E-state index is 12.7. The number of carbonyl (C=O) groups excluding carboxylic acids is 1. The summed E-state index contributed by atoms with van der Waals surface area (Å²) in [5.41, 5.74) is 1.81. The Balaban J connectivity index is 1.81. The molecule has 0 unspecified atom stereocenters. The van der Waals surface area contributed by atoms with Crippen LogP contribution in [0.5, 0.6) is 0 Å². The molecular weight excluding hydrogens is 392 g/mol. The van der Waals surface area contributed by atoms with Crippen molar-refractivity contribution >= 4 is 32.7 Å². The number of rotatable bonds is 8. The lowest BCUT2D eigenvalue weighted by Crippen LogP contribution is -2.24. The van der Waals surface area contributed by atoms with Crippen molar-refractivity contribution in [1.29, 1.82) is 0 Å². The van der Waals surface area contributed by atoms with Crippen molar-refractivity contribution in [3.8, 4) is 0 Å². The maximum atomic E-state index is 12.7. The summed E-state index contributed by atoms with van der Waals surface area (Å²) in [6.45, 7) is 6.31. The highest BCUT2D eigenvalue weighted by Gasteiger charge is 2.17. The van der Waals surface area contributed by atoms with E-state index < -0.39 is 15.9 Å². The molecule has 0 atom stereocenters. The van der Waals surface area contributed by atoms with Crippen LogP contribution < -0.4 is 10.0 Å². The highest BCUT2D eigenvalue weighted by molar-refractivity contribution is 7.89. The number of anilines is 1. The Morgan fingerprint density at radius 1 is 1.24 bits per heavy atom. The quantitative estimate of drug-likeness (QED) is 0.542. The maximum Gasteiger partial charge on any atom is 0.257 e. The predicted octanol–water partition coefficient (Wildman–Crippen LogP) is 3.68. The Labute approximate surface area is 169 Å². The smallest absolute Gasteiger partial charge is 0.257 e. The summed E-state index contributed by atoms with van der Waals surface area (Å²) < 4.78 is 32.5. The van der Waals surface area contributed by atoms with Gasteiger partial charge in [0.2, 0.25) is 10.0 Å². The van der Waals surface area contributed by atoms with Gasteiger partial charge in [0.1, 0.15) is 0 Å². The lowest BCUT2D eigenvalue weighted by Gasteiger charge is -2.09. The van der Waals surface area contributed by atoms with E-state index in [1.54, 1.807) is 18.2 Å². The second kappa shape index (κ2) is 8.71. The molecule has 2 aromatic heterocycles. The van der Waals surface area contributed by atoms with Crippen LogP contribution in [0.15, 0.2) is 45.9 Å². The summed E-state index contributed by atoms with van der Waals surface area (Å²) in [5, 5.41) is 7.41. The molecule has 2 heterocycles. The van der Waals surface area contributed by atoms with Crippen molar-refractivity contribution in [3.63, 3.8) is 0 Å². The van der Waals surface area contributed by atoms with Crippen LogP contribution >= 0.6 is 0 Å². The molecule has 1 amide bonds. The van der Waals surface area contributed by atoms with E-state index in [-0.39, 0.29) is 10.8 Å². The monoisotopic (exact) mass is 416 g/mol. The first-order valence-corrected chi connectivity index (χ1v) is 11.0. The Morgan fingerprint density at radius 2 is 2.03 bits per heavy atom. The SMILES string of the molecule is CCCCNS(=O)(=O)c1cccc(NC(=O)c2cnc3onc(C(C)C)c3c2)c1. The molecule has 0 saturated carbocycles. The van der Waals surface area contributed by atoms with E-state index in [1.165, 1.54) is 18.3 Å². The van der Waals surface area contributed by atoms with E-state index in [4.69, 9.17) is 4.52 Å². The van der Waals surface area contributed by atoms with Crippen LogP contribution in [0.3, 0.4) is 0 Å². The fourth-order valence-electron chi connectivity index (χ4n) is 2.80. The van der Waals surface area contributed by atoms with Gasteiger partial charge in [-0.3, -0.25) is 4.79 Å². The number of hydrogen-bond donors (Lipinski definition) is 2. The summed E-state index contributed by atoms with van der Waals surface area (Å²) in [6, 6.07) is 7.81. The highest BCUT2D eigenvalue weighted by atomic mass is 32.2. The molecule has 0 aliphatic rings. The summed E-state index contributed by atoms with van der Waals surface area (Å²) in [7, 11) is -3.63. The molecule has 154 valence electrons. The molecule has 0 fully saturated rings. The van der Waals surface area contributed by atoms with E-state index in [1.807, 2.05) is 20.8 Å². The van der Waals surface area contributed by atoms with Crippen LogP contribution in [-0.4, -0.2) is 31.0 Å². The number of unbranched alkanes of at least 4 members (excludes halogenated alkanes) is 1. The largest absolute Gasteiger partial charge is 0.336 e. The van der Waals surface area contributed by atoms with E-state index in [0.717, 1.165) is 18.5 Å². The van der Waals surface area contributed by atoms with E-state index in [2.05, 4.69) is 20.2 Å². The fraction of sp³-hybridized carbons (Fsp3) is 0.350. The average Bonchev–Trinajstić information content (AvgIpc) is 3.12. The molecule has 0 spiro atoms. The number of aromatic nitrogens is 2. The summed E-state index contributed by atoms with van der Waals surface area (Å²) in [6.07, 6.45) is 3.05. The molecule has 0 aliphatic carbocycles. The third-order valence-corrected chi connectivity index (χ3v) is 5.85. The van der Waals surface area contributed by atoms with Crippen LogP contribution in [-0.2, 0) is 10.0 Å². The van der Waals surface area contributed by atoms with Gasteiger partial charge in [-0.15, -0.1) is 0 Å². The van der Waals surface area contributed by atoms with Crippen molar-refractivity contribution < 1.29 is 17.7 Å². The summed E-state index contributed by atoms with van der Waals surface area (Å²) >= 11 is 0. The molecule has 2 N–H and O–H groups in total. The standard InChI is InChI=1S/C20H24N4O4S/c1-4-5-9-22-29(26,27)16-8-6-7-15(11-16)23-19(25)14-10-17-18(13(2)3)24-28-20(17)21-12-14/h6-8,10-13,22H,4-5,9H2,1-3H3,(H,23,25). The number of fused-ring (bicyclic) bond motifs is 1. The summed E-state index contributed by atoms with van der Waals surface area (Å²) in [4.78, 5) is 16.9. The van der Waals surface area contributed by atoms with E-state index in [0.29, 0.717) is 28.9 Å². The molecule has 9 heteroatoms. The van der Waals surface area contributed by atoms with Gasteiger partial charge in [0.25, 0.3) is 11.6 Å². The number of pyridine rings is 1. The van der Waals surface area contributed by atoms with Crippen molar-refractivity contribution in [2.45, 2.75) is 44.4 Å². The first-order chi connectivity index (χ1) is 13.8. The topological polar surface area (TPSA) is 114 Å². The van der Waals surface area contributed by atoms with Gasteiger partial charge in [-0.25, -0.2) is 18.1 Å². The van der Waals surface area contributed by atoms with E-state index in [9.17, 15) is 13.2 Å². The van der Waals surface area contributed by atoms with Crippen LogP contribution in [0.25, 0.3) is 11.1 Å². The molecular formula is C20H24N4O4S. The molecule has 0 aliphatic heterocycles. The minimum Gasteiger partial charge on any atom is -0.336 e. The third kappa shape index (κ3) is 4.80. The van der Waals surface area contributed by atoms with Gasteiger partial charge in [0, 0.05) is 18.4 Å². The second-order valence-corrected chi connectivity index (χ2v) is 8.80. The Hall–Kier alpha value is -2.78. The molecule has 8 nitrogen and oxygen atoms in total. The first-order valence-electron chi connectivity index (χ1n) is 9.48. The predicted molar refractivity (Wildman–Crippen MR) is 110 cm³/mol. The number of nitrogens with one attached hydrogen (secondary N) is 2. The molecule has 3 aromatic rings. The van der Waals surface area contributed by atoms with Gasteiger partial charge in [-0.1, -0.05) is 38.4 Å². The van der Waals surface area contributed by atoms with Crippen LogP contribution in [0.2, 0.25) is 0 Å². The number of sulfonamides is 1. The van der Waals surface area contributed by atoms with Gasteiger partial charge in [-0.2, -0.15) is 0 Å². The van der Waals surface area contributed by atoms with Crippen LogP contribution in [0.1, 0.15) is 55.6 Å². The van der Waals surface area contributed by atoms with Crippen molar-refractivity contribution in [3.05, 3.63) is 47.8 Å². The molecule has 29 heavy (non-hydrogen) atoms. The fourth-order valence-corrected chi connectivity index (χ4v) is 3.92. The third-order valence-electron chi connectivity index (χ3n) is 4.39. The Morgan fingerprint density at radius 3 is 2.76 bits per heavy atom. The van der Waals surface area contributed by atoms with Gasteiger partial charge < -0.3 is 9.84 Å². The lowest BCUT2D eigenvalue weighted by molar-refractivity contribution is 0.102. The number of amides is 1. The Bertz CT molecular complexity index is 1120. The zero-order valence-corrected chi connectivity index (χ0v) is 17.4. The number of hydrogen-bond acceptors (Lipinski definition) is 6. The van der Waals surface area contributed by atoms with E-state index >= 15 is 0 Å².